The molecular formula is C14H12BrN3. The van der Waals surface area contributed by atoms with Gasteiger partial charge in [0.15, 0.2) is 0 Å². The molecule has 0 bridgehead atoms. The van der Waals surface area contributed by atoms with E-state index in [0.717, 1.165) is 21.4 Å². The summed E-state index contributed by atoms with van der Waals surface area (Å²) in [6, 6.07) is 15.3. The van der Waals surface area contributed by atoms with Crippen LogP contribution in [0.4, 0.5) is 11.4 Å². The molecule has 90 valence electrons. The molecule has 0 heterocycles. The van der Waals surface area contributed by atoms with E-state index in [2.05, 4.69) is 27.3 Å². The molecule has 2 rings (SSSR count). The summed E-state index contributed by atoms with van der Waals surface area (Å²) in [4.78, 5) is 0. The third-order valence-electron chi connectivity index (χ3n) is 2.56. The van der Waals surface area contributed by atoms with Gasteiger partial charge in [-0.3, -0.25) is 0 Å². The highest BCUT2D eigenvalue weighted by molar-refractivity contribution is 9.10. The standard InChI is InChI=1S/C14H12BrN3/c15-13-7-12(17)5-6-14(13)18-9-11-3-1-10(8-16)2-4-11/h1-7,18H,9,17H2. The van der Waals surface area contributed by atoms with Crippen LogP contribution in [0.25, 0.3) is 0 Å². The fourth-order valence-corrected chi connectivity index (χ4v) is 2.11. The number of nitrogens with zero attached hydrogens (tertiary/aromatic N) is 1. The van der Waals surface area contributed by atoms with Crippen molar-refractivity contribution in [2.45, 2.75) is 6.54 Å². The van der Waals surface area contributed by atoms with Gasteiger partial charge in [-0.15, -0.1) is 0 Å². The molecule has 0 radical (unpaired) electrons. The van der Waals surface area contributed by atoms with E-state index < -0.39 is 0 Å². The van der Waals surface area contributed by atoms with Gasteiger partial charge < -0.3 is 11.1 Å². The van der Waals surface area contributed by atoms with Gasteiger partial charge in [-0.25, -0.2) is 0 Å². The average Bonchev–Trinajstić information content (AvgIpc) is 2.38. The number of nitriles is 1. The lowest BCUT2D eigenvalue weighted by Gasteiger charge is -2.09. The number of halogens is 1. The third-order valence-corrected chi connectivity index (χ3v) is 3.22. The zero-order chi connectivity index (χ0) is 13.0. The van der Waals surface area contributed by atoms with Gasteiger partial charge in [-0.1, -0.05) is 12.1 Å². The Morgan fingerprint density at radius 1 is 1.17 bits per heavy atom. The van der Waals surface area contributed by atoms with E-state index in [0.29, 0.717) is 12.1 Å². The van der Waals surface area contributed by atoms with Crippen molar-refractivity contribution in [2.24, 2.45) is 0 Å². The Morgan fingerprint density at radius 2 is 1.89 bits per heavy atom. The molecule has 0 aliphatic heterocycles. The number of nitrogen functional groups attached to an aromatic ring is 1. The molecule has 0 spiro atoms. The van der Waals surface area contributed by atoms with Crippen molar-refractivity contribution in [2.75, 3.05) is 11.1 Å². The van der Waals surface area contributed by atoms with E-state index in [1.807, 2.05) is 42.5 Å². The Bertz CT molecular complexity index is 585. The van der Waals surface area contributed by atoms with Crippen LogP contribution in [-0.2, 0) is 6.54 Å². The Hall–Kier alpha value is -1.99. The van der Waals surface area contributed by atoms with E-state index in [9.17, 15) is 0 Å². The first kappa shape index (κ1) is 12.5. The summed E-state index contributed by atoms with van der Waals surface area (Å²) in [6.45, 7) is 0.703. The van der Waals surface area contributed by atoms with Gasteiger partial charge in [-0.2, -0.15) is 5.26 Å². The lowest BCUT2D eigenvalue weighted by molar-refractivity contribution is 1.14. The van der Waals surface area contributed by atoms with E-state index in [1.54, 1.807) is 0 Å². The molecule has 4 heteroatoms. The fraction of sp³-hybridized carbons (Fsp3) is 0.0714. The number of hydrogen-bond acceptors (Lipinski definition) is 3. The van der Waals surface area contributed by atoms with Gasteiger partial charge in [0.2, 0.25) is 0 Å². The van der Waals surface area contributed by atoms with E-state index in [1.165, 1.54) is 0 Å². The van der Waals surface area contributed by atoms with Gasteiger partial charge in [0.1, 0.15) is 0 Å². The zero-order valence-corrected chi connectivity index (χ0v) is 11.2. The summed E-state index contributed by atoms with van der Waals surface area (Å²) < 4.78 is 0.941. The van der Waals surface area contributed by atoms with Gasteiger partial charge >= 0.3 is 0 Å². The predicted octanol–water partition coefficient (Wildman–Crippen LogP) is 3.52. The Kier molecular flexibility index (Phi) is 3.85. The molecular weight excluding hydrogens is 290 g/mol. The molecule has 0 aliphatic carbocycles. The van der Waals surface area contributed by atoms with Gasteiger partial charge in [-0.05, 0) is 51.8 Å². The predicted molar refractivity (Wildman–Crippen MR) is 77.0 cm³/mol. The third kappa shape index (κ3) is 3.02. The molecule has 0 unspecified atom stereocenters. The lowest BCUT2D eigenvalue weighted by Crippen LogP contribution is -2.00. The maximum absolute atomic E-state index is 8.72. The summed E-state index contributed by atoms with van der Waals surface area (Å²) in [5.74, 6) is 0. The Balaban J connectivity index is 2.04. The smallest absolute Gasteiger partial charge is 0.0991 e. The van der Waals surface area contributed by atoms with Crippen molar-refractivity contribution in [1.29, 1.82) is 5.26 Å². The first-order chi connectivity index (χ1) is 8.69. The Morgan fingerprint density at radius 3 is 2.50 bits per heavy atom. The topological polar surface area (TPSA) is 61.8 Å². The van der Waals surface area contributed by atoms with Crippen molar-refractivity contribution in [1.82, 2.24) is 0 Å². The van der Waals surface area contributed by atoms with Crippen molar-refractivity contribution in [3.63, 3.8) is 0 Å². The van der Waals surface area contributed by atoms with Crippen LogP contribution in [0.5, 0.6) is 0 Å². The van der Waals surface area contributed by atoms with Crippen LogP contribution in [0, 0.1) is 11.3 Å². The molecule has 0 fully saturated rings. The number of nitrogens with two attached hydrogens (primary N) is 1. The Labute approximate surface area is 114 Å². The lowest BCUT2D eigenvalue weighted by atomic mass is 10.1. The van der Waals surface area contributed by atoms with Gasteiger partial charge in [0.25, 0.3) is 0 Å². The van der Waals surface area contributed by atoms with E-state index >= 15 is 0 Å². The quantitative estimate of drug-likeness (QED) is 0.853. The second-order valence-electron chi connectivity index (χ2n) is 3.90. The fourth-order valence-electron chi connectivity index (χ4n) is 1.57. The molecule has 0 atom stereocenters. The second kappa shape index (κ2) is 5.56. The molecule has 0 saturated carbocycles. The SMILES string of the molecule is N#Cc1ccc(CNc2ccc(N)cc2Br)cc1. The minimum atomic E-state index is 0.674. The molecule has 3 nitrogen and oxygen atoms in total. The normalized spacial score (nSPS) is 9.78. The molecule has 0 amide bonds. The van der Waals surface area contributed by atoms with Crippen LogP contribution in [0.3, 0.4) is 0 Å². The van der Waals surface area contributed by atoms with Gasteiger partial charge in [0, 0.05) is 22.4 Å². The van der Waals surface area contributed by atoms with Crippen LogP contribution in [0.2, 0.25) is 0 Å². The number of rotatable bonds is 3. The van der Waals surface area contributed by atoms with Crippen molar-refractivity contribution < 1.29 is 0 Å². The van der Waals surface area contributed by atoms with Crippen LogP contribution in [0.1, 0.15) is 11.1 Å². The summed E-state index contributed by atoms with van der Waals surface area (Å²) >= 11 is 3.46. The van der Waals surface area contributed by atoms with Gasteiger partial charge in [0.05, 0.1) is 11.6 Å². The minimum absolute atomic E-state index is 0.674. The highest BCUT2D eigenvalue weighted by Crippen LogP contribution is 2.25. The monoisotopic (exact) mass is 301 g/mol. The first-order valence-electron chi connectivity index (χ1n) is 5.47. The van der Waals surface area contributed by atoms with Crippen LogP contribution in [0.15, 0.2) is 46.9 Å². The summed E-state index contributed by atoms with van der Waals surface area (Å²) in [5, 5.41) is 12.0. The highest BCUT2D eigenvalue weighted by atomic mass is 79.9. The zero-order valence-electron chi connectivity index (χ0n) is 9.65. The highest BCUT2D eigenvalue weighted by Gasteiger charge is 2.00. The second-order valence-corrected chi connectivity index (χ2v) is 4.76. The van der Waals surface area contributed by atoms with Crippen LogP contribution < -0.4 is 11.1 Å². The molecule has 3 N–H and O–H groups in total. The van der Waals surface area contributed by atoms with Crippen molar-refractivity contribution in [3.8, 4) is 6.07 Å². The molecule has 18 heavy (non-hydrogen) atoms. The minimum Gasteiger partial charge on any atom is -0.399 e. The number of anilines is 2. The van der Waals surface area contributed by atoms with Crippen LogP contribution >= 0.6 is 15.9 Å². The maximum Gasteiger partial charge on any atom is 0.0991 e. The number of nitrogens with one attached hydrogen (secondary N) is 1. The summed E-state index contributed by atoms with van der Waals surface area (Å²) in [5.41, 5.74) is 9.20. The van der Waals surface area contributed by atoms with Crippen molar-refractivity contribution in [3.05, 3.63) is 58.1 Å². The maximum atomic E-state index is 8.72. The molecule has 0 aromatic heterocycles. The molecule has 0 aliphatic rings. The van der Waals surface area contributed by atoms with Crippen molar-refractivity contribution >= 4 is 27.3 Å². The largest absolute Gasteiger partial charge is 0.399 e. The van der Waals surface area contributed by atoms with Crippen LogP contribution in [-0.4, -0.2) is 0 Å². The summed E-state index contributed by atoms with van der Waals surface area (Å²) in [7, 11) is 0. The summed E-state index contributed by atoms with van der Waals surface area (Å²) in [6.07, 6.45) is 0. The number of hydrogen-bond donors (Lipinski definition) is 2. The van der Waals surface area contributed by atoms with E-state index in [4.69, 9.17) is 11.0 Å². The van der Waals surface area contributed by atoms with E-state index in [-0.39, 0.29) is 0 Å². The average molecular weight is 302 g/mol. The number of benzene rings is 2. The first-order valence-corrected chi connectivity index (χ1v) is 6.26. The molecule has 2 aromatic carbocycles. The molecule has 2 aromatic rings. The molecule has 0 saturated heterocycles.